The Balaban J connectivity index is 1.43. The Bertz CT molecular complexity index is 763. The van der Waals surface area contributed by atoms with Crippen molar-refractivity contribution in [3.63, 3.8) is 0 Å². The Kier molecular flexibility index (Phi) is 3.17. The summed E-state index contributed by atoms with van der Waals surface area (Å²) in [4.78, 5) is 22.8. The molecule has 6 heteroatoms. The summed E-state index contributed by atoms with van der Waals surface area (Å²) < 4.78 is 1.65. The van der Waals surface area contributed by atoms with E-state index in [1.54, 1.807) is 17.1 Å². The molecule has 0 amide bonds. The molecule has 1 fully saturated rings. The number of hydrogen-bond donors (Lipinski definition) is 0. The first-order valence-electron chi connectivity index (χ1n) is 7.82. The van der Waals surface area contributed by atoms with E-state index < -0.39 is 0 Å². The first kappa shape index (κ1) is 13.4. The van der Waals surface area contributed by atoms with Crippen LogP contribution in [0.4, 0.5) is 5.82 Å². The van der Waals surface area contributed by atoms with E-state index in [9.17, 15) is 4.79 Å². The van der Waals surface area contributed by atoms with Crippen molar-refractivity contribution in [1.29, 1.82) is 0 Å². The van der Waals surface area contributed by atoms with Crippen LogP contribution >= 0.6 is 0 Å². The summed E-state index contributed by atoms with van der Waals surface area (Å²) in [5.74, 6) is 1.43. The van der Waals surface area contributed by atoms with E-state index in [1.807, 2.05) is 13.0 Å². The number of aromatic nitrogens is 4. The van der Waals surface area contributed by atoms with Gasteiger partial charge in [0.15, 0.2) is 0 Å². The zero-order valence-electron chi connectivity index (χ0n) is 12.7. The second kappa shape index (κ2) is 5.19. The number of fused-ring (bicyclic) bond motifs is 1. The lowest BCUT2D eigenvalue weighted by molar-refractivity contribution is 0.331. The van der Waals surface area contributed by atoms with Crippen LogP contribution in [-0.2, 0) is 19.4 Å². The molecule has 114 valence electrons. The van der Waals surface area contributed by atoms with Gasteiger partial charge in [-0.2, -0.15) is 5.10 Å². The summed E-state index contributed by atoms with van der Waals surface area (Å²) in [7, 11) is 0. The maximum atomic E-state index is 12.1. The lowest BCUT2D eigenvalue weighted by atomic mass is 10.0. The van der Waals surface area contributed by atoms with Crippen molar-refractivity contribution in [2.45, 2.75) is 32.7 Å². The average Bonchev–Trinajstić information content (AvgIpc) is 2.89. The lowest BCUT2D eigenvalue weighted by Gasteiger charge is -2.40. The highest BCUT2D eigenvalue weighted by atomic mass is 16.1. The first-order chi connectivity index (χ1) is 10.7. The Hall–Kier alpha value is -2.24. The van der Waals surface area contributed by atoms with Gasteiger partial charge in [-0.25, -0.2) is 14.6 Å². The fraction of sp³-hybridized carbons (Fsp3) is 0.500. The molecule has 3 heterocycles. The van der Waals surface area contributed by atoms with Crippen LogP contribution in [0.3, 0.4) is 0 Å². The highest BCUT2D eigenvalue weighted by Crippen LogP contribution is 2.24. The predicted octanol–water partition coefficient (Wildman–Crippen LogP) is 0.967. The zero-order chi connectivity index (χ0) is 15.1. The Morgan fingerprint density at radius 1 is 1.23 bits per heavy atom. The quantitative estimate of drug-likeness (QED) is 0.844. The topological polar surface area (TPSA) is 63.9 Å². The molecule has 1 saturated heterocycles. The minimum Gasteiger partial charge on any atom is -0.356 e. The van der Waals surface area contributed by atoms with Gasteiger partial charge in [0.05, 0.1) is 12.2 Å². The van der Waals surface area contributed by atoms with Crippen molar-refractivity contribution in [2.75, 3.05) is 18.0 Å². The third kappa shape index (κ3) is 2.38. The van der Waals surface area contributed by atoms with Crippen molar-refractivity contribution in [2.24, 2.45) is 5.92 Å². The van der Waals surface area contributed by atoms with Crippen LogP contribution in [0.2, 0.25) is 0 Å². The molecule has 1 aliphatic heterocycles. The Morgan fingerprint density at radius 3 is 2.91 bits per heavy atom. The normalized spacial score (nSPS) is 17.4. The molecule has 2 aliphatic rings. The second-order valence-electron chi connectivity index (χ2n) is 6.28. The summed E-state index contributed by atoms with van der Waals surface area (Å²) in [6, 6.07) is 3.77. The van der Waals surface area contributed by atoms with Gasteiger partial charge in [0.2, 0.25) is 0 Å². The molecular weight excluding hydrogens is 278 g/mol. The van der Waals surface area contributed by atoms with Crippen LogP contribution in [0.25, 0.3) is 0 Å². The van der Waals surface area contributed by atoms with Gasteiger partial charge in [0, 0.05) is 36.8 Å². The summed E-state index contributed by atoms with van der Waals surface area (Å²) >= 11 is 0. The van der Waals surface area contributed by atoms with Crippen LogP contribution in [0.15, 0.2) is 23.3 Å². The molecular formula is C16H19N5O. The minimum atomic E-state index is 0.0389. The molecule has 4 rings (SSSR count). The summed E-state index contributed by atoms with van der Waals surface area (Å²) in [6.45, 7) is 4.51. The third-order valence-electron chi connectivity index (χ3n) is 4.53. The molecule has 0 N–H and O–H groups in total. The van der Waals surface area contributed by atoms with Crippen LogP contribution in [0.1, 0.15) is 23.4 Å². The molecule has 6 nitrogen and oxygen atoms in total. The third-order valence-corrected chi connectivity index (χ3v) is 4.53. The van der Waals surface area contributed by atoms with E-state index in [1.165, 1.54) is 0 Å². The molecule has 22 heavy (non-hydrogen) atoms. The summed E-state index contributed by atoms with van der Waals surface area (Å²) in [6.07, 6.45) is 4.73. The monoisotopic (exact) mass is 297 g/mol. The number of aryl methyl sites for hydroxylation is 3. The number of hydrogen-bond acceptors (Lipinski definition) is 5. The molecule has 0 unspecified atom stereocenters. The van der Waals surface area contributed by atoms with Crippen molar-refractivity contribution in [1.82, 2.24) is 19.7 Å². The van der Waals surface area contributed by atoms with Crippen molar-refractivity contribution < 1.29 is 0 Å². The van der Waals surface area contributed by atoms with Gasteiger partial charge in [0.1, 0.15) is 12.1 Å². The maximum absolute atomic E-state index is 12.1. The Morgan fingerprint density at radius 2 is 2.09 bits per heavy atom. The fourth-order valence-corrected chi connectivity index (χ4v) is 3.30. The summed E-state index contributed by atoms with van der Waals surface area (Å²) in [5.41, 5.74) is 3.28. The second-order valence-corrected chi connectivity index (χ2v) is 6.28. The molecule has 2 aromatic heterocycles. The van der Waals surface area contributed by atoms with Gasteiger partial charge < -0.3 is 4.90 Å². The zero-order valence-corrected chi connectivity index (χ0v) is 12.7. The van der Waals surface area contributed by atoms with Crippen LogP contribution in [0, 0.1) is 12.8 Å². The van der Waals surface area contributed by atoms with Crippen LogP contribution in [0.5, 0.6) is 0 Å². The van der Waals surface area contributed by atoms with Gasteiger partial charge in [-0.1, -0.05) is 0 Å². The number of nitrogens with zero attached hydrogens (tertiary/aromatic N) is 5. The van der Waals surface area contributed by atoms with E-state index in [-0.39, 0.29) is 5.56 Å². The van der Waals surface area contributed by atoms with Gasteiger partial charge in [-0.05, 0) is 31.7 Å². The SMILES string of the molecule is Cc1cc(N2CC(Cn3nc4c(cc3=O)CCC4)C2)ncn1. The molecule has 0 atom stereocenters. The average molecular weight is 297 g/mol. The minimum absolute atomic E-state index is 0.0389. The van der Waals surface area contributed by atoms with Crippen molar-refractivity contribution in [3.8, 4) is 0 Å². The molecule has 1 aliphatic carbocycles. The first-order valence-corrected chi connectivity index (χ1v) is 7.82. The lowest BCUT2D eigenvalue weighted by Crippen LogP contribution is -2.50. The van der Waals surface area contributed by atoms with E-state index >= 15 is 0 Å². The molecule has 2 aromatic rings. The molecule has 0 aromatic carbocycles. The van der Waals surface area contributed by atoms with E-state index in [0.29, 0.717) is 12.5 Å². The van der Waals surface area contributed by atoms with Crippen LogP contribution < -0.4 is 10.5 Å². The standard InChI is InChI=1S/C16H19N5O/c1-11-5-15(18-10-17-11)20-7-12(8-20)9-21-16(22)6-13-3-2-4-14(13)19-21/h5-6,10,12H,2-4,7-9H2,1H3. The van der Waals surface area contributed by atoms with E-state index in [0.717, 1.165) is 55.1 Å². The van der Waals surface area contributed by atoms with Gasteiger partial charge in [-0.3, -0.25) is 4.79 Å². The number of anilines is 1. The number of rotatable bonds is 3. The fourth-order valence-electron chi connectivity index (χ4n) is 3.30. The highest BCUT2D eigenvalue weighted by molar-refractivity contribution is 5.41. The highest BCUT2D eigenvalue weighted by Gasteiger charge is 2.29. The van der Waals surface area contributed by atoms with E-state index in [2.05, 4.69) is 20.0 Å². The van der Waals surface area contributed by atoms with Gasteiger partial charge >= 0.3 is 0 Å². The largest absolute Gasteiger partial charge is 0.356 e. The van der Waals surface area contributed by atoms with E-state index in [4.69, 9.17) is 0 Å². The van der Waals surface area contributed by atoms with Crippen molar-refractivity contribution >= 4 is 5.82 Å². The summed E-state index contributed by atoms with van der Waals surface area (Å²) in [5, 5.41) is 4.55. The van der Waals surface area contributed by atoms with Crippen molar-refractivity contribution in [3.05, 3.63) is 45.8 Å². The molecule has 0 bridgehead atoms. The molecule has 0 spiro atoms. The van der Waals surface area contributed by atoms with Gasteiger partial charge in [-0.15, -0.1) is 0 Å². The van der Waals surface area contributed by atoms with Gasteiger partial charge in [0.25, 0.3) is 5.56 Å². The van der Waals surface area contributed by atoms with Crippen LogP contribution in [-0.4, -0.2) is 32.8 Å². The predicted molar refractivity (Wildman–Crippen MR) is 83.0 cm³/mol. The molecule has 0 radical (unpaired) electrons. The Labute approximate surface area is 128 Å². The molecule has 0 saturated carbocycles. The smallest absolute Gasteiger partial charge is 0.267 e. The maximum Gasteiger partial charge on any atom is 0.267 e.